The van der Waals surface area contributed by atoms with Crippen LogP contribution >= 0.6 is 55.1 Å². The van der Waals surface area contributed by atoms with Gasteiger partial charge in [0, 0.05) is 111 Å². The third-order valence-corrected chi connectivity index (χ3v) is 16.4. The maximum absolute atomic E-state index is 13.7. The fraction of sp³-hybridized carbons (Fsp3) is 0.444. The summed E-state index contributed by atoms with van der Waals surface area (Å²) in [4.78, 5) is 43.6. The van der Waals surface area contributed by atoms with Crippen LogP contribution in [0.4, 0.5) is 0 Å². The first-order valence-corrected chi connectivity index (χ1v) is 28.2. The van der Waals surface area contributed by atoms with Crippen molar-refractivity contribution in [1.29, 1.82) is 0 Å². The number of carbonyl (C=O) groups is 2. The third kappa shape index (κ3) is 14.2. The second-order valence-electron chi connectivity index (χ2n) is 19.9. The standard InChI is InChI=1S/2C26H31BBrClN6O3.2CH4/c2*1-27(37)33-11-12-34(23(16-33)26(36)31-7-2-9-32-10-8-30-17-32)25-22-6-5-21(29)14-18(22)3-4-19-13-20(28)15-35(38)24(19)25;;/h2*5-6,8,10,13-15,17,23,25,37H,2-4,7,9,11-12,16H2,1H3,(H,31,36);2*1H4/t23-,25+;23-,25-;;/m11../s1. The Balaban J connectivity index is 0.000000220. The predicted octanol–water partition coefficient (Wildman–Crippen LogP) is 6.12. The Morgan fingerprint density at radius 2 is 1.05 bits per heavy atom. The van der Waals surface area contributed by atoms with Crippen LogP contribution in [0, 0.1) is 10.4 Å². The molecular weight excluding hydrogens is 1170 g/mol. The van der Waals surface area contributed by atoms with E-state index in [0.29, 0.717) is 86.6 Å². The predicted molar refractivity (Wildman–Crippen MR) is 313 cm³/mol. The minimum atomic E-state index is -0.679. The highest BCUT2D eigenvalue weighted by Gasteiger charge is 2.46. The van der Waals surface area contributed by atoms with E-state index < -0.39 is 38.3 Å². The van der Waals surface area contributed by atoms with E-state index in [2.05, 4.69) is 62.3 Å². The van der Waals surface area contributed by atoms with Gasteiger partial charge in [-0.15, -0.1) is 0 Å². The van der Waals surface area contributed by atoms with Crippen molar-refractivity contribution in [3.63, 3.8) is 0 Å². The molecule has 2 aliphatic heterocycles. The Hall–Kier alpha value is -4.87. The topological polar surface area (TPSA) is 201 Å². The van der Waals surface area contributed by atoms with Crippen LogP contribution in [0.2, 0.25) is 23.7 Å². The number of fused-ring (bicyclic) bond motifs is 4. The molecule has 2 fully saturated rings. The van der Waals surface area contributed by atoms with E-state index in [9.17, 15) is 30.1 Å². The number of aryl methyl sites for hydroxylation is 6. The van der Waals surface area contributed by atoms with Crippen LogP contribution in [0.25, 0.3) is 0 Å². The number of hydrogen-bond acceptors (Lipinski definition) is 12. The van der Waals surface area contributed by atoms with Crippen LogP contribution in [0.3, 0.4) is 0 Å². The summed E-state index contributed by atoms with van der Waals surface area (Å²) in [6.45, 7) is 8.86. The van der Waals surface area contributed by atoms with Gasteiger partial charge in [-0.3, -0.25) is 19.4 Å². The Morgan fingerprint density at radius 3 is 1.42 bits per heavy atom. The monoisotopic (exact) mass is 1230 g/mol. The van der Waals surface area contributed by atoms with E-state index >= 15 is 0 Å². The summed E-state index contributed by atoms with van der Waals surface area (Å²) in [7, 11) is -1.36. The number of rotatable bonds is 14. The molecule has 78 heavy (non-hydrogen) atoms. The van der Waals surface area contributed by atoms with Crippen molar-refractivity contribution in [3.8, 4) is 0 Å². The first-order chi connectivity index (χ1) is 36.6. The molecule has 2 saturated heterocycles. The minimum absolute atomic E-state index is 0. The fourth-order valence-corrected chi connectivity index (χ4v) is 12.5. The van der Waals surface area contributed by atoms with Crippen molar-refractivity contribution in [2.75, 3.05) is 52.4 Å². The van der Waals surface area contributed by atoms with Crippen molar-refractivity contribution < 1.29 is 29.1 Å². The number of nitrogens with zero attached hydrogens (tertiary/aromatic N) is 10. The summed E-state index contributed by atoms with van der Waals surface area (Å²) in [5.41, 5.74) is 7.30. The highest BCUT2D eigenvalue weighted by molar-refractivity contribution is 9.10. The molecule has 0 spiro atoms. The van der Waals surface area contributed by atoms with Gasteiger partial charge in [0.25, 0.3) is 0 Å². The van der Waals surface area contributed by atoms with Gasteiger partial charge in [-0.2, -0.15) is 9.46 Å². The molecular formula is C54H70B2Br2Cl2N12O6. The number of piperazine rings is 2. The number of benzene rings is 2. The number of hydrogen-bond donors (Lipinski definition) is 4. The fourth-order valence-electron chi connectivity index (χ4n) is 11.2. The maximum atomic E-state index is 13.7. The van der Waals surface area contributed by atoms with E-state index in [1.54, 1.807) is 38.7 Å². The lowest BCUT2D eigenvalue weighted by molar-refractivity contribution is -0.617. The van der Waals surface area contributed by atoms with Crippen molar-refractivity contribution >= 4 is 81.0 Å². The molecule has 0 bridgehead atoms. The molecule has 4 aliphatic rings. The van der Waals surface area contributed by atoms with Gasteiger partial charge in [0.15, 0.2) is 12.4 Å². The lowest BCUT2D eigenvalue weighted by Crippen LogP contribution is -2.63. The van der Waals surface area contributed by atoms with Gasteiger partial charge in [0.1, 0.15) is 24.2 Å². The molecule has 4 atom stereocenters. The summed E-state index contributed by atoms with van der Waals surface area (Å²) in [5, 5.41) is 55.0. The molecule has 0 radical (unpaired) electrons. The van der Waals surface area contributed by atoms with Crippen LogP contribution in [0.15, 0.2) is 107 Å². The number of carbonyl (C=O) groups excluding carboxylic acids is 2. The van der Waals surface area contributed by atoms with Gasteiger partial charge in [0.2, 0.25) is 23.2 Å². The van der Waals surface area contributed by atoms with E-state index in [-0.39, 0.29) is 26.7 Å². The number of aromatic nitrogens is 6. The van der Waals surface area contributed by atoms with Crippen molar-refractivity contribution in [2.24, 2.45) is 0 Å². The summed E-state index contributed by atoms with van der Waals surface area (Å²) < 4.78 is 7.28. The first-order valence-electron chi connectivity index (χ1n) is 25.9. The molecule has 2 aromatic carbocycles. The summed E-state index contributed by atoms with van der Waals surface area (Å²) in [6, 6.07) is 13.6. The lowest BCUT2D eigenvalue weighted by atomic mass is 9.82. The van der Waals surface area contributed by atoms with Gasteiger partial charge in [-0.05, 0) is 143 Å². The van der Waals surface area contributed by atoms with Gasteiger partial charge in [-0.25, -0.2) is 9.97 Å². The molecule has 4 aromatic heterocycles. The van der Waals surface area contributed by atoms with Gasteiger partial charge in [0.05, 0.1) is 21.6 Å². The van der Waals surface area contributed by atoms with Crippen LogP contribution in [-0.4, -0.2) is 139 Å². The molecule has 10 rings (SSSR count). The molecule has 4 N–H and O–H groups in total. The van der Waals surface area contributed by atoms with Gasteiger partial charge >= 0.3 is 14.1 Å². The Bertz CT molecular complexity index is 2790. The minimum Gasteiger partial charge on any atom is -0.618 e. The van der Waals surface area contributed by atoms with Crippen molar-refractivity contribution in [2.45, 2.75) is 104 Å². The molecule has 416 valence electrons. The number of nitrogens with one attached hydrogen (secondary N) is 2. The maximum Gasteiger partial charge on any atom is 0.376 e. The molecule has 6 aromatic rings. The second kappa shape index (κ2) is 27.5. The molecule has 0 unspecified atom stereocenters. The van der Waals surface area contributed by atoms with E-state index in [1.165, 1.54) is 12.4 Å². The summed E-state index contributed by atoms with van der Waals surface area (Å²) in [5.74, 6) is -0.228. The van der Waals surface area contributed by atoms with Crippen LogP contribution in [-0.2, 0) is 48.4 Å². The lowest BCUT2D eigenvalue weighted by Gasteiger charge is -2.44. The van der Waals surface area contributed by atoms with Crippen LogP contribution in [0.1, 0.15) is 84.5 Å². The van der Waals surface area contributed by atoms with E-state index in [0.717, 1.165) is 90.6 Å². The third-order valence-electron chi connectivity index (χ3n) is 15.0. The molecule has 6 heterocycles. The summed E-state index contributed by atoms with van der Waals surface area (Å²) >= 11 is 19.7. The van der Waals surface area contributed by atoms with Crippen molar-refractivity contribution in [3.05, 3.63) is 173 Å². The number of amides is 2. The zero-order valence-electron chi connectivity index (χ0n) is 42.5. The van der Waals surface area contributed by atoms with Crippen molar-refractivity contribution in [1.82, 2.24) is 49.2 Å². The highest BCUT2D eigenvalue weighted by atomic mass is 79.9. The Morgan fingerprint density at radius 1 is 0.654 bits per heavy atom. The zero-order valence-corrected chi connectivity index (χ0v) is 47.2. The summed E-state index contributed by atoms with van der Waals surface area (Å²) in [6.07, 6.45) is 18.2. The largest absolute Gasteiger partial charge is 0.618 e. The average molecular weight is 1240 g/mol. The quantitative estimate of drug-likeness (QED) is 0.0423. The number of halogens is 4. The smallest absolute Gasteiger partial charge is 0.376 e. The van der Waals surface area contributed by atoms with Crippen LogP contribution < -0.4 is 20.1 Å². The molecule has 0 saturated carbocycles. The average Bonchev–Trinajstić information content (AvgIpc) is 4.26. The second-order valence-corrected chi connectivity index (χ2v) is 22.6. The van der Waals surface area contributed by atoms with Gasteiger partial charge < -0.3 is 49.9 Å². The molecule has 2 amide bonds. The van der Waals surface area contributed by atoms with Gasteiger partial charge in [-0.1, -0.05) is 50.2 Å². The van der Waals surface area contributed by atoms with Crippen LogP contribution in [0.5, 0.6) is 0 Å². The normalized spacial score (nSPS) is 19.4. The Kier molecular flexibility index (Phi) is 21.4. The highest BCUT2D eigenvalue weighted by Crippen LogP contribution is 2.41. The number of pyridine rings is 2. The number of imidazole rings is 2. The molecule has 24 heteroatoms. The van der Waals surface area contributed by atoms with E-state index in [1.807, 2.05) is 79.7 Å². The molecule has 2 aliphatic carbocycles. The SMILES string of the molecule is C.C.CB(O)N1CCN([C@@H]2c3ccc(Cl)cc3CCc3cc(Br)c[n+]([O-])c32)[C@@H](C(=O)NCCCn2ccnc2)C1.CB(O)N1CCN([C@H]2c3ccc(Cl)cc3CCc3cc(Br)c[n+]([O-])c32)[C@@H](C(=O)NCCCn2ccnc2)C1. The van der Waals surface area contributed by atoms with E-state index in [4.69, 9.17) is 23.2 Å². The first kappa shape index (κ1) is 60.8. The Labute approximate surface area is 485 Å². The zero-order chi connectivity index (χ0) is 53.6. The molecule has 18 nitrogen and oxygen atoms in total.